The molecule has 0 aromatic heterocycles. The number of carbonyl (C=O) groups is 4. The van der Waals surface area contributed by atoms with Crippen LogP contribution < -0.4 is 0 Å². The Labute approximate surface area is 645 Å². The van der Waals surface area contributed by atoms with E-state index in [1.54, 1.807) is 0 Å². The van der Waals surface area contributed by atoms with Crippen molar-refractivity contribution in [1.82, 2.24) is 0 Å². The number of phosphoric ester groups is 2. The van der Waals surface area contributed by atoms with Gasteiger partial charge in [-0.1, -0.05) is 402 Å². The van der Waals surface area contributed by atoms with Crippen LogP contribution in [0.5, 0.6) is 0 Å². The first-order valence-electron chi connectivity index (χ1n) is 44.4. The van der Waals surface area contributed by atoms with E-state index in [1.807, 2.05) is 0 Å². The van der Waals surface area contributed by atoms with Gasteiger partial charge < -0.3 is 33.8 Å². The molecule has 0 aliphatic rings. The lowest BCUT2D eigenvalue weighted by Crippen LogP contribution is -2.30. The molecular formula is C86H168O17P2. The van der Waals surface area contributed by atoms with Gasteiger partial charge in [-0.05, 0) is 43.4 Å². The first kappa shape index (κ1) is 103. The molecule has 3 N–H and O–H groups in total. The monoisotopic (exact) mass is 1540 g/mol. The molecule has 3 unspecified atom stereocenters. The van der Waals surface area contributed by atoms with Crippen LogP contribution >= 0.6 is 15.6 Å². The summed E-state index contributed by atoms with van der Waals surface area (Å²) in [6, 6.07) is 0. The number of aliphatic hydroxyl groups excluding tert-OH is 1. The molecule has 0 saturated carbocycles. The lowest BCUT2D eigenvalue weighted by atomic mass is 10.00. The Kier molecular flexibility index (Phi) is 74.7. The van der Waals surface area contributed by atoms with Crippen molar-refractivity contribution in [2.45, 2.75) is 471 Å². The van der Waals surface area contributed by atoms with Crippen molar-refractivity contribution in [3.8, 4) is 0 Å². The van der Waals surface area contributed by atoms with Gasteiger partial charge in [0.05, 0.1) is 26.4 Å². The Balaban J connectivity index is 5.23. The maximum atomic E-state index is 13.1. The number of rotatable bonds is 84. The van der Waals surface area contributed by atoms with Gasteiger partial charge in [-0.15, -0.1) is 0 Å². The number of hydrogen-bond acceptors (Lipinski definition) is 15. The van der Waals surface area contributed by atoms with E-state index in [0.29, 0.717) is 25.7 Å². The molecule has 0 saturated heterocycles. The van der Waals surface area contributed by atoms with Crippen molar-refractivity contribution in [2.24, 2.45) is 17.8 Å². The van der Waals surface area contributed by atoms with Crippen LogP contribution in [-0.4, -0.2) is 96.7 Å². The van der Waals surface area contributed by atoms with Crippen molar-refractivity contribution in [2.75, 3.05) is 39.6 Å². The molecule has 0 rings (SSSR count). The molecule has 0 fully saturated rings. The van der Waals surface area contributed by atoms with Gasteiger partial charge in [-0.3, -0.25) is 37.3 Å². The van der Waals surface area contributed by atoms with Crippen LogP contribution in [0, 0.1) is 17.8 Å². The third-order valence-corrected chi connectivity index (χ3v) is 22.4. The molecule has 624 valence electrons. The Morgan fingerprint density at radius 3 is 0.724 bits per heavy atom. The Morgan fingerprint density at radius 1 is 0.276 bits per heavy atom. The van der Waals surface area contributed by atoms with Crippen LogP contribution in [0.25, 0.3) is 0 Å². The standard InChI is InChI=1S/C86H168O17P2/c1-8-10-11-12-13-14-15-16-17-25-31-36-41-46-55-62-70-86(91)103-82(74-97-84(89)68-61-54-49-48-52-59-66-79(7)9-2)76-101-105(94,95)99-72-80(87)71-98-104(92,93)100-75-81(73-96-83(88)67-60-53-45-40-35-30-27-22-24-29-34-39-44-51-58-65-78(5)6)102-85(90)69-63-56-47-42-37-32-26-21-19-18-20-23-28-33-38-43-50-57-64-77(3)4/h77-82,87H,8-76H2,1-7H3,(H,92,93)(H,94,95)/t79?,80-,81-,82-/m1/s1. The fourth-order valence-electron chi connectivity index (χ4n) is 13.3. The van der Waals surface area contributed by atoms with Crippen molar-refractivity contribution < 1.29 is 80.2 Å². The molecule has 0 aromatic carbocycles. The van der Waals surface area contributed by atoms with Gasteiger partial charge in [0.25, 0.3) is 0 Å². The van der Waals surface area contributed by atoms with Gasteiger partial charge in [-0.2, -0.15) is 0 Å². The predicted molar refractivity (Wildman–Crippen MR) is 432 cm³/mol. The van der Waals surface area contributed by atoms with Gasteiger partial charge in [-0.25, -0.2) is 9.13 Å². The molecule has 17 nitrogen and oxygen atoms in total. The zero-order valence-corrected chi connectivity index (χ0v) is 71.0. The molecule has 0 radical (unpaired) electrons. The first-order valence-corrected chi connectivity index (χ1v) is 47.4. The summed E-state index contributed by atoms with van der Waals surface area (Å²) in [5.74, 6) is 0.253. The lowest BCUT2D eigenvalue weighted by Gasteiger charge is -2.21. The minimum Gasteiger partial charge on any atom is -0.462 e. The second-order valence-corrected chi connectivity index (χ2v) is 35.0. The number of carbonyl (C=O) groups excluding carboxylic acids is 4. The number of esters is 4. The van der Waals surface area contributed by atoms with Gasteiger partial charge in [0.2, 0.25) is 0 Å². The highest BCUT2D eigenvalue weighted by molar-refractivity contribution is 7.47. The fraction of sp³-hybridized carbons (Fsp3) is 0.953. The smallest absolute Gasteiger partial charge is 0.462 e. The van der Waals surface area contributed by atoms with Crippen molar-refractivity contribution in [3.63, 3.8) is 0 Å². The zero-order valence-electron chi connectivity index (χ0n) is 69.2. The van der Waals surface area contributed by atoms with Gasteiger partial charge in [0.1, 0.15) is 19.3 Å². The summed E-state index contributed by atoms with van der Waals surface area (Å²) in [4.78, 5) is 73.2. The summed E-state index contributed by atoms with van der Waals surface area (Å²) in [6.07, 6.45) is 66.7. The molecule has 19 heteroatoms. The highest BCUT2D eigenvalue weighted by atomic mass is 31.2. The molecular weight excluding hydrogens is 1370 g/mol. The van der Waals surface area contributed by atoms with E-state index in [1.165, 1.54) is 257 Å². The van der Waals surface area contributed by atoms with Crippen molar-refractivity contribution in [3.05, 3.63) is 0 Å². The quantitative estimate of drug-likeness (QED) is 0.0222. The summed E-state index contributed by atoms with van der Waals surface area (Å²) in [5.41, 5.74) is 0. The van der Waals surface area contributed by atoms with Gasteiger partial charge >= 0.3 is 39.5 Å². The lowest BCUT2D eigenvalue weighted by molar-refractivity contribution is -0.161. The average Bonchev–Trinajstić information content (AvgIpc) is 0.946. The first-order chi connectivity index (χ1) is 50.8. The number of ether oxygens (including phenoxy) is 4. The predicted octanol–water partition coefficient (Wildman–Crippen LogP) is 26.1. The van der Waals surface area contributed by atoms with Crippen LogP contribution in [0.3, 0.4) is 0 Å². The molecule has 0 heterocycles. The molecule has 6 atom stereocenters. The van der Waals surface area contributed by atoms with E-state index in [4.69, 9.17) is 37.0 Å². The topological polar surface area (TPSA) is 237 Å². The summed E-state index contributed by atoms with van der Waals surface area (Å²) in [5, 5.41) is 10.7. The maximum absolute atomic E-state index is 13.1. The number of aliphatic hydroxyl groups is 1. The van der Waals surface area contributed by atoms with E-state index in [-0.39, 0.29) is 25.7 Å². The summed E-state index contributed by atoms with van der Waals surface area (Å²) in [7, 11) is -9.93. The van der Waals surface area contributed by atoms with Crippen LogP contribution in [0.4, 0.5) is 0 Å². The summed E-state index contributed by atoms with van der Waals surface area (Å²) in [6.45, 7) is 12.0. The largest absolute Gasteiger partial charge is 0.472 e. The normalized spacial score (nSPS) is 14.1. The van der Waals surface area contributed by atoms with Gasteiger partial charge in [0.15, 0.2) is 12.2 Å². The average molecular weight is 1540 g/mol. The van der Waals surface area contributed by atoms with Crippen molar-refractivity contribution >= 4 is 39.5 Å². The number of hydrogen-bond donors (Lipinski definition) is 3. The van der Waals surface area contributed by atoms with Crippen LogP contribution in [0.1, 0.15) is 453 Å². The zero-order chi connectivity index (χ0) is 77.2. The minimum atomic E-state index is -4.97. The van der Waals surface area contributed by atoms with Crippen molar-refractivity contribution in [1.29, 1.82) is 0 Å². The van der Waals surface area contributed by atoms with E-state index >= 15 is 0 Å². The molecule has 0 aliphatic carbocycles. The van der Waals surface area contributed by atoms with E-state index in [2.05, 4.69) is 48.5 Å². The molecule has 0 bridgehead atoms. The second kappa shape index (κ2) is 76.1. The molecule has 0 aromatic rings. The molecule has 0 aliphatic heterocycles. The number of unbranched alkanes of at least 4 members (excludes halogenated alkanes) is 51. The highest BCUT2D eigenvalue weighted by Gasteiger charge is 2.30. The van der Waals surface area contributed by atoms with Crippen LogP contribution in [0.15, 0.2) is 0 Å². The Morgan fingerprint density at radius 2 is 0.486 bits per heavy atom. The Hall–Kier alpha value is -1.94. The molecule has 105 heavy (non-hydrogen) atoms. The molecule has 0 amide bonds. The fourth-order valence-corrected chi connectivity index (χ4v) is 14.9. The Bertz CT molecular complexity index is 2030. The van der Waals surface area contributed by atoms with E-state index in [9.17, 15) is 43.2 Å². The SMILES string of the molecule is CCCCCCCCCCCCCCCCCCC(=O)O[C@H](COC(=O)CCCCCCCCC(C)CC)COP(=O)(O)OC[C@H](O)COP(=O)(O)OC[C@@H](COC(=O)CCCCCCCCCCCCCCCCCC(C)C)OC(=O)CCCCCCCCCCCCCCCCCCCCC(C)C. The summed E-state index contributed by atoms with van der Waals surface area (Å²) >= 11 is 0. The van der Waals surface area contributed by atoms with Gasteiger partial charge in [0, 0.05) is 25.7 Å². The summed E-state index contributed by atoms with van der Waals surface area (Å²) < 4.78 is 68.9. The highest BCUT2D eigenvalue weighted by Crippen LogP contribution is 2.45. The van der Waals surface area contributed by atoms with E-state index < -0.39 is 97.5 Å². The van der Waals surface area contributed by atoms with E-state index in [0.717, 1.165) is 114 Å². The van der Waals surface area contributed by atoms with Crippen LogP contribution in [0.2, 0.25) is 0 Å². The minimum absolute atomic E-state index is 0.107. The third-order valence-electron chi connectivity index (χ3n) is 20.5. The second-order valence-electron chi connectivity index (χ2n) is 32.1. The molecule has 0 spiro atoms. The third kappa shape index (κ3) is 78.5. The van der Waals surface area contributed by atoms with Crippen LogP contribution in [-0.2, 0) is 65.4 Å². The number of phosphoric acid groups is 2. The maximum Gasteiger partial charge on any atom is 0.472 e.